The molecule has 124 valence electrons. The minimum absolute atomic E-state index is 0.210. The summed E-state index contributed by atoms with van der Waals surface area (Å²) in [6, 6.07) is 11.3. The maximum absolute atomic E-state index is 13.6. The van der Waals surface area contributed by atoms with Crippen LogP contribution < -0.4 is 5.32 Å². The second-order valence-electron chi connectivity index (χ2n) is 5.44. The molecule has 0 atom stereocenters. The molecule has 0 spiro atoms. The molecule has 0 aliphatic rings. The molecule has 5 nitrogen and oxygen atoms in total. The van der Waals surface area contributed by atoms with Gasteiger partial charge >= 0.3 is 0 Å². The molecule has 0 aliphatic heterocycles. The largest absolute Gasteiger partial charge is 0.369 e. The van der Waals surface area contributed by atoms with E-state index in [2.05, 4.69) is 15.3 Å². The predicted molar refractivity (Wildman–Crippen MR) is 91.2 cm³/mol. The van der Waals surface area contributed by atoms with Gasteiger partial charge in [0.25, 0.3) is 0 Å². The Labute approximate surface area is 139 Å². The number of aromatic nitrogens is 2. The van der Waals surface area contributed by atoms with Crippen molar-refractivity contribution in [2.45, 2.75) is 11.3 Å². The van der Waals surface area contributed by atoms with Gasteiger partial charge in [0.2, 0.25) is 0 Å². The van der Waals surface area contributed by atoms with Gasteiger partial charge in [0.05, 0.1) is 10.4 Å². The Balaban J connectivity index is 1.85. The number of benzene rings is 2. The number of nitrogens with zero attached hydrogens (tertiary/aromatic N) is 2. The highest BCUT2D eigenvalue weighted by molar-refractivity contribution is 7.90. The highest BCUT2D eigenvalue weighted by Crippen LogP contribution is 2.23. The first kappa shape index (κ1) is 16.3. The molecule has 0 unspecified atom stereocenters. The third kappa shape index (κ3) is 3.51. The topological polar surface area (TPSA) is 72.0 Å². The van der Waals surface area contributed by atoms with Crippen LogP contribution in [0.3, 0.4) is 0 Å². The van der Waals surface area contributed by atoms with Gasteiger partial charge in [0.15, 0.2) is 9.84 Å². The highest BCUT2D eigenvalue weighted by Gasteiger charge is 2.11. The number of hydrogen-bond acceptors (Lipinski definition) is 5. The first-order chi connectivity index (χ1) is 11.4. The Morgan fingerprint density at radius 2 is 1.92 bits per heavy atom. The lowest BCUT2D eigenvalue weighted by Crippen LogP contribution is -2.08. The third-order valence-electron chi connectivity index (χ3n) is 3.68. The van der Waals surface area contributed by atoms with Crippen LogP contribution in [0, 0.1) is 5.82 Å². The van der Waals surface area contributed by atoms with E-state index in [1.165, 1.54) is 18.5 Å². The van der Waals surface area contributed by atoms with E-state index < -0.39 is 9.84 Å². The van der Waals surface area contributed by atoms with Gasteiger partial charge in [-0.05, 0) is 36.2 Å². The van der Waals surface area contributed by atoms with Gasteiger partial charge in [-0.1, -0.05) is 18.2 Å². The molecule has 0 fully saturated rings. The van der Waals surface area contributed by atoms with E-state index in [1.807, 2.05) is 0 Å². The van der Waals surface area contributed by atoms with Crippen LogP contribution >= 0.6 is 0 Å². The average Bonchev–Trinajstić information content (AvgIpc) is 2.55. The number of halogens is 1. The molecule has 0 amide bonds. The van der Waals surface area contributed by atoms with Crippen molar-refractivity contribution in [2.75, 3.05) is 18.1 Å². The molecular weight excluding hydrogens is 329 g/mol. The van der Waals surface area contributed by atoms with Gasteiger partial charge in [-0.3, -0.25) is 0 Å². The Bertz CT molecular complexity index is 990. The van der Waals surface area contributed by atoms with Gasteiger partial charge in [0, 0.05) is 18.2 Å². The average molecular weight is 345 g/mol. The van der Waals surface area contributed by atoms with E-state index in [0.29, 0.717) is 35.2 Å². The van der Waals surface area contributed by atoms with Gasteiger partial charge in [0.1, 0.15) is 18.0 Å². The van der Waals surface area contributed by atoms with Gasteiger partial charge in [-0.2, -0.15) is 0 Å². The first-order valence-corrected chi connectivity index (χ1v) is 9.26. The molecule has 0 bridgehead atoms. The fourth-order valence-corrected chi connectivity index (χ4v) is 3.07. The molecule has 0 aliphatic carbocycles. The first-order valence-electron chi connectivity index (χ1n) is 7.37. The SMILES string of the molecule is CS(=O)(=O)c1ccc2ncnc(NCCc3ccccc3F)c2c1. The van der Waals surface area contributed by atoms with Crippen molar-refractivity contribution in [3.63, 3.8) is 0 Å². The van der Waals surface area contributed by atoms with Crippen LogP contribution in [0.25, 0.3) is 10.9 Å². The smallest absolute Gasteiger partial charge is 0.175 e. The van der Waals surface area contributed by atoms with Gasteiger partial charge in [-0.15, -0.1) is 0 Å². The van der Waals surface area contributed by atoms with Crippen molar-refractivity contribution in [3.8, 4) is 0 Å². The Morgan fingerprint density at radius 3 is 2.67 bits per heavy atom. The van der Waals surface area contributed by atoms with E-state index in [0.717, 1.165) is 6.26 Å². The lowest BCUT2D eigenvalue weighted by molar-refractivity contribution is 0.602. The van der Waals surface area contributed by atoms with E-state index in [9.17, 15) is 12.8 Å². The van der Waals surface area contributed by atoms with Crippen LogP contribution in [0.4, 0.5) is 10.2 Å². The molecule has 3 rings (SSSR count). The lowest BCUT2D eigenvalue weighted by atomic mass is 10.1. The number of fused-ring (bicyclic) bond motifs is 1. The molecule has 7 heteroatoms. The van der Waals surface area contributed by atoms with Crippen LogP contribution in [0.1, 0.15) is 5.56 Å². The summed E-state index contributed by atoms with van der Waals surface area (Å²) >= 11 is 0. The third-order valence-corrected chi connectivity index (χ3v) is 4.79. The van der Waals surface area contributed by atoms with Crippen molar-refractivity contribution >= 4 is 26.6 Å². The van der Waals surface area contributed by atoms with Crippen LogP contribution in [0.15, 0.2) is 53.7 Å². The van der Waals surface area contributed by atoms with Crippen molar-refractivity contribution in [2.24, 2.45) is 0 Å². The molecule has 1 N–H and O–H groups in total. The second kappa shape index (κ2) is 6.52. The molecule has 1 aromatic heterocycles. The molecule has 0 saturated carbocycles. The number of hydrogen-bond donors (Lipinski definition) is 1. The fourth-order valence-electron chi connectivity index (χ4n) is 2.42. The zero-order valence-corrected chi connectivity index (χ0v) is 13.8. The Kier molecular flexibility index (Phi) is 4.44. The molecule has 1 heterocycles. The predicted octanol–water partition coefficient (Wildman–Crippen LogP) is 2.83. The summed E-state index contributed by atoms with van der Waals surface area (Å²) in [4.78, 5) is 8.52. The quantitative estimate of drug-likeness (QED) is 0.770. The van der Waals surface area contributed by atoms with Crippen LogP contribution in [-0.2, 0) is 16.3 Å². The van der Waals surface area contributed by atoms with Crippen molar-refractivity contribution in [3.05, 3.63) is 60.2 Å². The molecule has 3 aromatic rings. The molecule has 0 radical (unpaired) electrons. The lowest BCUT2D eigenvalue weighted by Gasteiger charge is -2.09. The zero-order chi connectivity index (χ0) is 17.2. The summed E-state index contributed by atoms with van der Waals surface area (Å²) in [5.74, 6) is 0.285. The minimum atomic E-state index is -3.31. The summed E-state index contributed by atoms with van der Waals surface area (Å²) in [5.41, 5.74) is 1.26. The summed E-state index contributed by atoms with van der Waals surface area (Å²) in [6.45, 7) is 0.468. The standard InChI is InChI=1S/C17H16FN3O2S/c1-24(22,23)13-6-7-16-14(10-13)17(21-11-20-16)19-9-8-12-4-2-3-5-15(12)18/h2-7,10-11H,8-9H2,1H3,(H,19,20,21). The monoisotopic (exact) mass is 345 g/mol. The number of rotatable bonds is 5. The minimum Gasteiger partial charge on any atom is -0.369 e. The number of anilines is 1. The molecule has 0 saturated heterocycles. The van der Waals surface area contributed by atoms with Crippen LogP contribution in [0.2, 0.25) is 0 Å². The number of nitrogens with one attached hydrogen (secondary N) is 1. The summed E-state index contributed by atoms with van der Waals surface area (Å²) in [6.07, 6.45) is 3.06. The van der Waals surface area contributed by atoms with Crippen LogP contribution in [-0.4, -0.2) is 31.2 Å². The summed E-state index contributed by atoms with van der Waals surface area (Å²) in [5, 5.41) is 3.75. The highest BCUT2D eigenvalue weighted by atomic mass is 32.2. The van der Waals surface area contributed by atoms with E-state index in [4.69, 9.17) is 0 Å². The van der Waals surface area contributed by atoms with Gasteiger partial charge in [-0.25, -0.2) is 22.8 Å². The molecular formula is C17H16FN3O2S. The fraction of sp³-hybridized carbons (Fsp3) is 0.176. The molecule has 2 aromatic carbocycles. The van der Waals surface area contributed by atoms with E-state index in [1.54, 1.807) is 30.3 Å². The normalized spacial score (nSPS) is 11.6. The number of sulfone groups is 1. The van der Waals surface area contributed by atoms with E-state index >= 15 is 0 Å². The van der Waals surface area contributed by atoms with Crippen LogP contribution in [0.5, 0.6) is 0 Å². The summed E-state index contributed by atoms with van der Waals surface area (Å²) in [7, 11) is -3.31. The Hall–Kier alpha value is -2.54. The second-order valence-corrected chi connectivity index (χ2v) is 7.46. The van der Waals surface area contributed by atoms with Crippen molar-refractivity contribution in [1.82, 2.24) is 9.97 Å². The maximum atomic E-state index is 13.6. The zero-order valence-electron chi connectivity index (χ0n) is 13.0. The van der Waals surface area contributed by atoms with Gasteiger partial charge < -0.3 is 5.32 Å². The van der Waals surface area contributed by atoms with E-state index in [-0.39, 0.29) is 10.7 Å². The summed E-state index contributed by atoms with van der Waals surface area (Å²) < 4.78 is 37.1. The molecule has 24 heavy (non-hydrogen) atoms. The van der Waals surface area contributed by atoms with Crippen molar-refractivity contribution < 1.29 is 12.8 Å². The Morgan fingerprint density at radius 1 is 1.12 bits per heavy atom. The van der Waals surface area contributed by atoms with Crippen molar-refractivity contribution in [1.29, 1.82) is 0 Å². The maximum Gasteiger partial charge on any atom is 0.175 e.